The monoisotopic (exact) mass is 252 g/mol. The van der Waals surface area contributed by atoms with Crippen molar-refractivity contribution in [1.82, 2.24) is 19.9 Å². The maximum atomic E-state index is 4.47. The number of aromatic amines is 1. The Bertz CT molecular complexity index is 813. The zero-order chi connectivity index (χ0) is 11.9. The van der Waals surface area contributed by atoms with Gasteiger partial charge in [-0.3, -0.25) is 0 Å². The summed E-state index contributed by atoms with van der Waals surface area (Å²) in [6.45, 7) is 0. The first-order valence-corrected chi connectivity index (χ1v) is 6.41. The van der Waals surface area contributed by atoms with E-state index in [0.29, 0.717) is 5.65 Å². The van der Waals surface area contributed by atoms with Crippen molar-refractivity contribution in [3.8, 4) is 11.4 Å². The first kappa shape index (κ1) is 9.73. The van der Waals surface area contributed by atoms with Crippen molar-refractivity contribution in [2.24, 2.45) is 0 Å². The Balaban J connectivity index is 1.94. The van der Waals surface area contributed by atoms with Gasteiger partial charge in [0, 0.05) is 10.3 Å². The third kappa shape index (κ3) is 1.41. The molecule has 0 aliphatic heterocycles. The maximum Gasteiger partial charge on any atom is 0.181 e. The van der Waals surface area contributed by atoms with Crippen molar-refractivity contribution >= 4 is 32.6 Å². The molecule has 0 aliphatic rings. The molecule has 5 heteroatoms. The molecule has 0 atom stereocenters. The van der Waals surface area contributed by atoms with Gasteiger partial charge in [0.05, 0.1) is 6.20 Å². The predicted octanol–water partition coefficient (Wildman–Crippen LogP) is 3.23. The Hall–Kier alpha value is -2.27. The summed E-state index contributed by atoms with van der Waals surface area (Å²) < 4.78 is 1.29. The molecule has 1 aromatic carbocycles. The van der Waals surface area contributed by atoms with E-state index in [1.54, 1.807) is 17.5 Å². The van der Waals surface area contributed by atoms with Gasteiger partial charge in [0.1, 0.15) is 17.7 Å². The zero-order valence-electron chi connectivity index (χ0n) is 9.29. The van der Waals surface area contributed by atoms with Crippen LogP contribution in [0.1, 0.15) is 0 Å². The molecule has 3 heterocycles. The molecule has 0 radical (unpaired) electrons. The lowest BCUT2D eigenvalue weighted by Crippen LogP contribution is -1.79. The molecule has 18 heavy (non-hydrogen) atoms. The highest BCUT2D eigenvalue weighted by Crippen LogP contribution is 2.26. The maximum absolute atomic E-state index is 4.47. The SMILES string of the molecule is c1ncc2[nH]c(-c3ccc4sccc4c3)nc2n1. The van der Waals surface area contributed by atoms with Crippen LogP contribution in [0, 0.1) is 0 Å². The molecule has 4 nitrogen and oxygen atoms in total. The van der Waals surface area contributed by atoms with Crippen LogP contribution in [0.3, 0.4) is 0 Å². The molecular formula is C13H8N4S. The Morgan fingerprint density at radius 2 is 2.17 bits per heavy atom. The van der Waals surface area contributed by atoms with E-state index in [4.69, 9.17) is 0 Å². The lowest BCUT2D eigenvalue weighted by Gasteiger charge is -1.96. The van der Waals surface area contributed by atoms with Gasteiger partial charge in [0.2, 0.25) is 0 Å². The number of fused-ring (bicyclic) bond motifs is 2. The van der Waals surface area contributed by atoms with E-state index in [0.717, 1.165) is 16.9 Å². The average molecular weight is 252 g/mol. The van der Waals surface area contributed by atoms with E-state index in [1.165, 1.54) is 16.4 Å². The highest BCUT2D eigenvalue weighted by molar-refractivity contribution is 7.17. The van der Waals surface area contributed by atoms with E-state index >= 15 is 0 Å². The second-order valence-electron chi connectivity index (χ2n) is 4.02. The summed E-state index contributed by atoms with van der Waals surface area (Å²) in [4.78, 5) is 15.8. The molecule has 0 amide bonds. The minimum Gasteiger partial charge on any atom is -0.335 e. The molecule has 0 unspecified atom stereocenters. The molecular weight excluding hydrogens is 244 g/mol. The van der Waals surface area contributed by atoms with Gasteiger partial charge in [-0.2, -0.15) is 0 Å². The van der Waals surface area contributed by atoms with Gasteiger partial charge in [-0.05, 0) is 35.0 Å². The number of hydrogen-bond acceptors (Lipinski definition) is 4. The largest absolute Gasteiger partial charge is 0.335 e. The molecule has 0 fully saturated rings. The Morgan fingerprint density at radius 3 is 3.11 bits per heavy atom. The summed E-state index contributed by atoms with van der Waals surface area (Å²) in [5, 5.41) is 3.34. The standard InChI is InChI=1S/C13H8N4S/c1-2-11-8(3-4-18-11)5-9(1)12-16-10-6-14-7-15-13(10)17-12/h1-7H,(H,14,15,16,17). The Morgan fingerprint density at radius 1 is 1.17 bits per heavy atom. The molecule has 0 spiro atoms. The Kier molecular flexibility index (Phi) is 1.95. The average Bonchev–Trinajstić information content (AvgIpc) is 3.04. The number of nitrogens with zero attached hydrogens (tertiary/aromatic N) is 3. The van der Waals surface area contributed by atoms with Crippen molar-refractivity contribution in [2.45, 2.75) is 0 Å². The number of aromatic nitrogens is 4. The summed E-state index contributed by atoms with van der Waals surface area (Å²) in [5.41, 5.74) is 2.63. The van der Waals surface area contributed by atoms with Crippen LogP contribution in [0.2, 0.25) is 0 Å². The van der Waals surface area contributed by atoms with Crippen LogP contribution in [0.4, 0.5) is 0 Å². The predicted molar refractivity (Wildman–Crippen MR) is 72.5 cm³/mol. The summed E-state index contributed by atoms with van der Waals surface area (Å²) in [6, 6.07) is 8.45. The van der Waals surface area contributed by atoms with Gasteiger partial charge in [-0.15, -0.1) is 11.3 Å². The van der Waals surface area contributed by atoms with Crippen LogP contribution >= 0.6 is 11.3 Å². The van der Waals surface area contributed by atoms with Crippen LogP contribution < -0.4 is 0 Å². The first-order chi connectivity index (χ1) is 8.90. The lowest BCUT2D eigenvalue weighted by atomic mass is 10.1. The summed E-state index contributed by atoms with van der Waals surface area (Å²) in [6.07, 6.45) is 3.25. The smallest absolute Gasteiger partial charge is 0.181 e. The van der Waals surface area contributed by atoms with Crippen LogP contribution in [-0.2, 0) is 0 Å². The van der Waals surface area contributed by atoms with E-state index in [9.17, 15) is 0 Å². The number of nitrogens with one attached hydrogen (secondary N) is 1. The molecule has 3 aromatic heterocycles. The van der Waals surface area contributed by atoms with Crippen LogP contribution in [0.15, 0.2) is 42.2 Å². The topological polar surface area (TPSA) is 54.5 Å². The summed E-state index contributed by atoms with van der Waals surface area (Å²) in [7, 11) is 0. The Labute approximate surface area is 106 Å². The number of H-pyrrole nitrogens is 1. The summed E-state index contributed by atoms with van der Waals surface area (Å²) in [5.74, 6) is 0.832. The highest BCUT2D eigenvalue weighted by Gasteiger charge is 2.06. The van der Waals surface area contributed by atoms with Crippen molar-refractivity contribution in [2.75, 3.05) is 0 Å². The van der Waals surface area contributed by atoms with Crippen molar-refractivity contribution < 1.29 is 0 Å². The van der Waals surface area contributed by atoms with Crippen molar-refractivity contribution in [3.05, 3.63) is 42.2 Å². The van der Waals surface area contributed by atoms with Gasteiger partial charge in [0.15, 0.2) is 5.65 Å². The number of rotatable bonds is 1. The van der Waals surface area contributed by atoms with E-state index < -0.39 is 0 Å². The van der Waals surface area contributed by atoms with Crippen molar-refractivity contribution in [3.63, 3.8) is 0 Å². The summed E-state index contributed by atoms with van der Waals surface area (Å²) >= 11 is 1.74. The molecule has 0 saturated heterocycles. The van der Waals surface area contributed by atoms with E-state index in [-0.39, 0.29) is 0 Å². The molecule has 1 N–H and O–H groups in total. The van der Waals surface area contributed by atoms with Gasteiger partial charge in [0.25, 0.3) is 0 Å². The molecule has 0 saturated carbocycles. The quantitative estimate of drug-likeness (QED) is 0.566. The fourth-order valence-electron chi connectivity index (χ4n) is 2.01. The number of benzene rings is 1. The van der Waals surface area contributed by atoms with Gasteiger partial charge < -0.3 is 4.98 Å². The normalized spacial score (nSPS) is 11.3. The fourth-order valence-corrected chi connectivity index (χ4v) is 2.78. The zero-order valence-corrected chi connectivity index (χ0v) is 10.1. The number of hydrogen-bond donors (Lipinski definition) is 1. The van der Waals surface area contributed by atoms with Gasteiger partial charge >= 0.3 is 0 Å². The van der Waals surface area contributed by atoms with Gasteiger partial charge in [-0.1, -0.05) is 0 Å². The molecule has 0 bridgehead atoms. The molecule has 0 aliphatic carbocycles. The van der Waals surface area contributed by atoms with Gasteiger partial charge in [-0.25, -0.2) is 15.0 Å². The third-order valence-electron chi connectivity index (χ3n) is 2.89. The van der Waals surface area contributed by atoms with Crippen molar-refractivity contribution in [1.29, 1.82) is 0 Å². The van der Waals surface area contributed by atoms with E-state index in [2.05, 4.69) is 49.6 Å². The minimum atomic E-state index is 0.699. The minimum absolute atomic E-state index is 0.699. The third-order valence-corrected chi connectivity index (χ3v) is 3.79. The van der Waals surface area contributed by atoms with Crippen LogP contribution in [-0.4, -0.2) is 19.9 Å². The van der Waals surface area contributed by atoms with Crippen LogP contribution in [0.5, 0.6) is 0 Å². The number of imidazole rings is 1. The molecule has 86 valence electrons. The second kappa shape index (κ2) is 3.61. The van der Waals surface area contributed by atoms with E-state index in [1.807, 2.05) is 0 Å². The number of thiophene rings is 1. The fraction of sp³-hybridized carbons (Fsp3) is 0. The molecule has 4 rings (SSSR count). The first-order valence-electron chi connectivity index (χ1n) is 5.53. The lowest BCUT2D eigenvalue weighted by molar-refractivity contribution is 1.20. The second-order valence-corrected chi connectivity index (χ2v) is 4.97. The molecule has 4 aromatic rings. The highest BCUT2D eigenvalue weighted by atomic mass is 32.1. The van der Waals surface area contributed by atoms with Crippen LogP contribution in [0.25, 0.3) is 32.6 Å².